The van der Waals surface area contributed by atoms with Gasteiger partial charge in [-0.15, -0.1) is 90.7 Å². The van der Waals surface area contributed by atoms with Crippen molar-refractivity contribution in [3.05, 3.63) is 346 Å². The molecule has 0 amide bonds. The summed E-state index contributed by atoms with van der Waals surface area (Å²) in [6.45, 7) is -0.0896. The SMILES string of the molecule is c1cc2c3c(c1)-c1cc4c5ccccc5sc4c4c1c(cc1c5ccc(-c6ccc7c(c6)sc6cc8ccc(-c9cc%10c%11c(c9)-c9cccc%12c9c(cc9sc%13ccccc%13c9%12)B%11c9cc%11sc%12ccccc%12c%11c%11cccc-%10c9%11)c9c8c(c67)-c6cccc7c6B9c6cccc8cc9sc%10ccccc%10c9c-7c68)cc5sc14)B3c1cc3c4ccccc4sc3c3c1c-2cc1c2ccccc2sc13. The monoisotopic (exact) mass is 1860 g/mol. The summed E-state index contributed by atoms with van der Waals surface area (Å²) in [5, 5.41) is 38.1. The van der Waals surface area contributed by atoms with E-state index in [9.17, 15) is 0 Å². The minimum Gasteiger partial charge on any atom is -0.135 e. The van der Waals surface area contributed by atoms with Crippen molar-refractivity contribution in [2.24, 2.45) is 0 Å². The first-order valence-corrected chi connectivity index (χ1v) is 54.0. The third kappa shape index (κ3) is 8.64. The summed E-state index contributed by atoms with van der Waals surface area (Å²) in [6.07, 6.45) is 0. The van der Waals surface area contributed by atoms with Crippen LogP contribution in [0.4, 0.5) is 0 Å². The summed E-state index contributed by atoms with van der Waals surface area (Å²) in [7, 11) is 0. The molecule has 0 saturated heterocycles. The molecule has 8 aromatic heterocycles. The van der Waals surface area contributed by atoms with Crippen LogP contribution in [-0.2, 0) is 0 Å². The molecule has 11 heteroatoms. The summed E-state index contributed by atoms with van der Waals surface area (Å²) >= 11 is 15.8. The van der Waals surface area contributed by atoms with Gasteiger partial charge in [-0.05, 0) is 240 Å². The largest absolute Gasteiger partial charge is 0.245 e. The highest BCUT2D eigenvalue weighted by Crippen LogP contribution is 2.59. The van der Waals surface area contributed by atoms with Gasteiger partial charge in [0, 0.05) is 172 Å². The molecule has 0 unspecified atom stereocenters. The Morgan fingerprint density at radius 3 is 1.03 bits per heavy atom. The molecule has 0 bridgehead atoms. The first-order valence-electron chi connectivity index (χ1n) is 47.5. The molecule has 0 aliphatic carbocycles. The Hall–Kier alpha value is -14.4. The maximum Gasteiger partial charge on any atom is 0.245 e. The number of fused-ring (bicyclic) bond motifs is 44. The van der Waals surface area contributed by atoms with E-state index in [1.807, 2.05) is 90.7 Å². The maximum atomic E-state index is 2.70. The normalized spacial score (nSPS) is 13.6. The van der Waals surface area contributed by atoms with E-state index in [2.05, 4.69) is 346 Å². The van der Waals surface area contributed by atoms with Crippen LogP contribution in [-0.4, -0.2) is 20.1 Å². The van der Waals surface area contributed by atoms with Crippen molar-refractivity contribution in [1.29, 1.82) is 0 Å². The van der Waals surface area contributed by atoms with Gasteiger partial charge in [-0.25, -0.2) is 0 Å². The average molecular weight is 1860 g/mol. The van der Waals surface area contributed by atoms with Gasteiger partial charge < -0.3 is 0 Å². The fraction of sp³-hybridized carbons (Fsp3) is 0. The van der Waals surface area contributed by atoms with Crippen LogP contribution >= 0.6 is 90.7 Å². The summed E-state index contributed by atoms with van der Waals surface area (Å²) < 4.78 is 21.6. The van der Waals surface area contributed by atoms with Crippen LogP contribution in [0.5, 0.6) is 0 Å². The zero-order chi connectivity index (χ0) is 87.5. The van der Waals surface area contributed by atoms with Crippen molar-refractivity contribution >= 4 is 386 Å². The Balaban J connectivity index is 0.582. The van der Waals surface area contributed by atoms with Gasteiger partial charge in [0.25, 0.3) is 0 Å². The smallest absolute Gasteiger partial charge is 0.135 e. The Labute approximate surface area is 812 Å². The summed E-state index contributed by atoms with van der Waals surface area (Å²) in [5.41, 5.74) is 34.1. The number of rotatable bonds is 2. The first kappa shape index (κ1) is 72.0. The van der Waals surface area contributed by atoms with Crippen LogP contribution in [0.1, 0.15) is 0 Å². The Morgan fingerprint density at radius 1 is 0.139 bits per heavy atom. The maximum absolute atomic E-state index is 2.70. The van der Waals surface area contributed by atoms with E-state index in [-0.39, 0.29) is 20.1 Å². The van der Waals surface area contributed by atoms with E-state index in [0.29, 0.717) is 0 Å². The van der Waals surface area contributed by atoms with Gasteiger partial charge >= 0.3 is 0 Å². The first-order chi connectivity index (χ1) is 67.9. The highest BCUT2D eigenvalue weighted by molar-refractivity contribution is 7.32. The van der Waals surface area contributed by atoms with E-state index in [1.165, 1.54) is 364 Å². The van der Waals surface area contributed by atoms with Crippen molar-refractivity contribution in [2.45, 2.75) is 0 Å². The molecule has 618 valence electrons. The predicted octanol–water partition coefficient (Wildman–Crippen LogP) is 32.3. The topological polar surface area (TPSA) is 0 Å². The fourth-order valence-corrected chi connectivity index (χ4v) is 37.9. The zero-order valence-electron chi connectivity index (χ0n) is 72.4. The molecule has 0 radical (unpaired) electrons. The van der Waals surface area contributed by atoms with Crippen LogP contribution in [0.2, 0.25) is 0 Å². The summed E-state index contributed by atoms with van der Waals surface area (Å²) in [6, 6.07) is 138. The fourth-order valence-electron chi connectivity index (χ4n) is 28.1. The molecule has 6 aliphatic heterocycles. The highest BCUT2D eigenvalue weighted by Gasteiger charge is 2.47. The van der Waals surface area contributed by atoms with Crippen LogP contribution in [0.15, 0.2) is 346 Å². The molecule has 37 rings (SSSR count). The predicted molar refractivity (Wildman–Crippen MR) is 612 cm³/mol. The molecule has 0 N–H and O–H groups in total. The molecule has 31 aromatic rings. The highest BCUT2D eigenvalue weighted by atomic mass is 32.1. The lowest BCUT2D eigenvalue weighted by atomic mass is 9.30. The Morgan fingerprint density at radius 2 is 0.504 bits per heavy atom. The molecule has 137 heavy (non-hydrogen) atoms. The van der Waals surface area contributed by atoms with Crippen LogP contribution in [0.25, 0.3) is 315 Å². The minimum atomic E-state index is -0.0888. The molecule has 23 aromatic carbocycles. The quantitative estimate of drug-likeness (QED) is 0.151. The molecule has 0 fully saturated rings. The molecule has 6 aliphatic rings. The Kier molecular flexibility index (Phi) is 13.1. The molecule has 0 spiro atoms. The van der Waals surface area contributed by atoms with Crippen LogP contribution < -0.4 is 49.2 Å². The van der Waals surface area contributed by atoms with Crippen molar-refractivity contribution < 1.29 is 0 Å². The van der Waals surface area contributed by atoms with Gasteiger partial charge in [0.05, 0.1) is 0 Å². The number of thiophene rings is 8. The zero-order valence-corrected chi connectivity index (χ0v) is 78.9. The van der Waals surface area contributed by atoms with Crippen molar-refractivity contribution in [3.8, 4) is 89.0 Å². The number of hydrogen-bond donors (Lipinski definition) is 0. The van der Waals surface area contributed by atoms with E-state index < -0.39 is 0 Å². The van der Waals surface area contributed by atoms with Gasteiger partial charge in [0.2, 0.25) is 20.1 Å². The second-order valence-electron chi connectivity index (χ2n) is 39.3. The van der Waals surface area contributed by atoms with Gasteiger partial charge in [-0.3, -0.25) is 0 Å². The molecular formula is C126H57B3S8. The lowest BCUT2D eigenvalue weighted by Gasteiger charge is -2.37. The van der Waals surface area contributed by atoms with E-state index in [0.717, 1.165) is 0 Å². The minimum absolute atomic E-state index is 0.000320. The number of benzene rings is 23. The third-order valence-electron chi connectivity index (χ3n) is 33.2. The second kappa shape index (κ2) is 24.9. The second-order valence-corrected chi connectivity index (χ2v) is 47.8. The van der Waals surface area contributed by atoms with E-state index in [4.69, 9.17) is 0 Å². The molecule has 0 atom stereocenters. The molecule has 0 nitrogen and oxygen atoms in total. The molecular weight excluding hydrogens is 1800 g/mol. The lowest BCUT2D eigenvalue weighted by molar-refractivity contribution is 1.62. The Bertz CT molecular complexity index is 11300. The third-order valence-corrected chi connectivity index (χ3v) is 42.4. The van der Waals surface area contributed by atoms with Crippen molar-refractivity contribution in [1.82, 2.24) is 0 Å². The van der Waals surface area contributed by atoms with E-state index >= 15 is 0 Å². The van der Waals surface area contributed by atoms with Gasteiger partial charge in [-0.1, -0.05) is 298 Å². The average Bonchev–Trinajstić information content (AvgIpc) is 1.66. The van der Waals surface area contributed by atoms with E-state index in [1.54, 1.807) is 0 Å². The molecule has 0 saturated carbocycles. The van der Waals surface area contributed by atoms with Crippen molar-refractivity contribution in [3.63, 3.8) is 0 Å². The summed E-state index contributed by atoms with van der Waals surface area (Å²) in [5.74, 6) is 0. The molecule has 14 heterocycles. The number of hydrogen-bond acceptors (Lipinski definition) is 8. The lowest BCUT2D eigenvalue weighted by Crippen LogP contribution is -2.58. The summed E-state index contributed by atoms with van der Waals surface area (Å²) in [4.78, 5) is 0. The van der Waals surface area contributed by atoms with Gasteiger partial charge in [0.15, 0.2) is 0 Å². The van der Waals surface area contributed by atoms with Gasteiger partial charge in [-0.2, -0.15) is 0 Å². The van der Waals surface area contributed by atoms with Crippen LogP contribution in [0, 0.1) is 0 Å². The van der Waals surface area contributed by atoms with Crippen molar-refractivity contribution in [2.75, 3.05) is 0 Å². The van der Waals surface area contributed by atoms with Gasteiger partial charge in [0.1, 0.15) is 0 Å². The van der Waals surface area contributed by atoms with Crippen LogP contribution in [0.3, 0.4) is 0 Å². The standard InChI is InChI=1S/C126H57B3S8/c1-7-34-93-64(19-1)84-52-80-70-27-16-28-71-81-53-85-65-20-2-8-35-94(65)135-124(85)118-112(81)90(127(119(70)71)89-54-86-66-21-3-9-36-95(66)136-125(86)117(111(80)89)123(84)134-93)55-87-67-44-40-58(48-99(67)137-126(87)118)59-41-45-75-100(49-59)133-102-51-61-42-43-63(122-106(61)116(114(75)102)79-32-17-31-78-115-105-60(18-13-33-88(105)129(122)120(78)79)50-101-113(115)74-24-6-12-39-98(74)130-101)62-46-82-68-25-14-29-76-107(68)91(56-103-109(76)72-22-4-10-37-96(72)131-103)128-92-57-104-110(73-23-5-11-38-97(73)132-104)77-30-15-26-69(108(77)92)83(47-62)121(82)128/h1-57H.